The minimum absolute atomic E-state index is 0. The highest BCUT2D eigenvalue weighted by molar-refractivity contribution is 8.93. The van der Waals surface area contributed by atoms with E-state index in [1.165, 1.54) is 37.0 Å². The van der Waals surface area contributed by atoms with Crippen LogP contribution in [0.2, 0.25) is 0 Å². The van der Waals surface area contributed by atoms with Gasteiger partial charge in [0.1, 0.15) is 0 Å². The lowest BCUT2D eigenvalue weighted by Gasteiger charge is -2.22. The first-order chi connectivity index (χ1) is 11.8. The highest BCUT2D eigenvalue weighted by atomic mass is 79.9. The van der Waals surface area contributed by atoms with Crippen molar-refractivity contribution >= 4 is 32.8 Å². The van der Waals surface area contributed by atoms with Gasteiger partial charge in [0.05, 0.1) is 26.4 Å². The van der Waals surface area contributed by atoms with Gasteiger partial charge in [0.15, 0.2) is 0 Å². The average molecular weight is 463 g/mol. The summed E-state index contributed by atoms with van der Waals surface area (Å²) >= 11 is 0. The quantitative estimate of drug-likeness (QED) is 0.206. The smallest absolute Gasteiger partial charge is 0.0505 e. The van der Waals surface area contributed by atoms with Crippen LogP contribution in [0, 0.1) is 0 Å². The van der Waals surface area contributed by atoms with Gasteiger partial charge in [-0.25, -0.2) is 0 Å². The Hall–Kier alpha value is 1.18. The van der Waals surface area contributed by atoms with E-state index in [-0.39, 0.29) is 32.8 Å². The van der Waals surface area contributed by atoms with Crippen molar-refractivity contribution < 1.29 is 18.9 Å². The lowest BCUT2D eigenvalue weighted by Crippen LogP contribution is -2.11. The SMILES string of the molecule is Br.CCOCCP(CCOCC)CCP(CCOCC)CCOCC. The lowest BCUT2D eigenvalue weighted by atomic mass is 10.8. The molecule has 0 saturated carbocycles. The fourth-order valence-electron chi connectivity index (χ4n) is 2.31. The van der Waals surface area contributed by atoms with Crippen molar-refractivity contribution in [2.75, 3.05) is 89.8 Å². The van der Waals surface area contributed by atoms with Crippen molar-refractivity contribution in [3.05, 3.63) is 0 Å². The zero-order chi connectivity index (χ0) is 17.9. The van der Waals surface area contributed by atoms with Crippen molar-refractivity contribution in [1.82, 2.24) is 0 Å². The number of ether oxygens (including phenoxy) is 4. The summed E-state index contributed by atoms with van der Waals surface area (Å²) in [6, 6.07) is 0. The number of hydrogen-bond donors (Lipinski definition) is 0. The lowest BCUT2D eigenvalue weighted by molar-refractivity contribution is 0.160. The Balaban J connectivity index is 0. The van der Waals surface area contributed by atoms with Gasteiger partial charge >= 0.3 is 0 Å². The Morgan fingerprint density at radius 1 is 0.440 bits per heavy atom. The molecule has 7 heteroatoms. The molecule has 0 aromatic carbocycles. The molecule has 0 aliphatic rings. The van der Waals surface area contributed by atoms with E-state index in [1.807, 2.05) is 0 Å². The van der Waals surface area contributed by atoms with Crippen molar-refractivity contribution in [3.8, 4) is 0 Å². The normalized spacial score (nSPS) is 11.3. The Morgan fingerprint density at radius 3 is 0.880 bits per heavy atom. The zero-order valence-corrected chi connectivity index (χ0v) is 20.3. The van der Waals surface area contributed by atoms with Crippen LogP contribution >= 0.6 is 32.8 Å². The highest BCUT2D eigenvalue weighted by Gasteiger charge is 2.13. The van der Waals surface area contributed by atoms with Gasteiger partial charge in [0.2, 0.25) is 0 Å². The zero-order valence-electron chi connectivity index (χ0n) is 16.8. The summed E-state index contributed by atoms with van der Waals surface area (Å²) in [7, 11) is 0.0619. The maximum Gasteiger partial charge on any atom is 0.0505 e. The highest BCUT2D eigenvalue weighted by Crippen LogP contribution is 2.42. The van der Waals surface area contributed by atoms with Gasteiger partial charge in [-0.1, -0.05) is 0 Å². The van der Waals surface area contributed by atoms with Gasteiger partial charge < -0.3 is 18.9 Å². The maximum absolute atomic E-state index is 5.58. The van der Waals surface area contributed by atoms with Crippen LogP contribution in [0.25, 0.3) is 0 Å². The molecule has 0 rings (SSSR count). The second kappa shape index (κ2) is 23.2. The number of rotatable bonds is 19. The van der Waals surface area contributed by atoms with Gasteiger partial charge in [-0.3, -0.25) is 0 Å². The van der Waals surface area contributed by atoms with Gasteiger partial charge in [-0.05, 0) is 64.7 Å². The molecule has 25 heavy (non-hydrogen) atoms. The fraction of sp³-hybridized carbons (Fsp3) is 1.00. The molecule has 0 fully saturated rings. The number of halogens is 1. The minimum atomic E-state index is 0. The summed E-state index contributed by atoms with van der Waals surface area (Å²) in [6.45, 7) is 15.2. The first kappa shape index (κ1) is 28.4. The molecule has 4 nitrogen and oxygen atoms in total. The third-order valence-electron chi connectivity index (χ3n) is 3.76. The van der Waals surface area contributed by atoms with Crippen LogP contribution < -0.4 is 0 Å². The fourth-order valence-corrected chi connectivity index (χ4v) is 7.46. The molecule has 0 spiro atoms. The first-order valence-electron chi connectivity index (χ1n) is 9.54. The first-order valence-corrected chi connectivity index (χ1v) is 13.3. The topological polar surface area (TPSA) is 36.9 Å². The molecule has 0 aromatic rings. The molecule has 154 valence electrons. The Labute approximate surface area is 169 Å². The van der Waals surface area contributed by atoms with Gasteiger partial charge in [-0.15, -0.1) is 32.8 Å². The van der Waals surface area contributed by atoms with E-state index >= 15 is 0 Å². The molecule has 0 radical (unpaired) electrons. The standard InChI is InChI=1S/C18H40O4P2.BrH/c1-5-19-9-13-23(14-10-20-6-2)17-18-24(15-11-21-7-3)16-12-22-8-4;/h5-18H2,1-4H3;1H. The molecular formula is C18H41BrO4P2. The predicted molar refractivity (Wildman–Crippen MR) is 119 cm³/mol. The molecule has 0 aliphatic heterocycles. The third kappa shape index (κ3) is 19.7. The Bertz CT molecular complexity index is 207. The second-order valence-corrected chi connectivity index (χ2v) is 10.8. The van der Waals surface area contributed by atoms with Crippen LogP contribution in [-0.4, -0.2) is 89.8 Å². The van der Waals surface area contributed by atoms with Crippen molar-refractivity contribution in [2.24, 2.45) is 0 Å². The predicted octanol–water partition coefficient (Wildman–Crippen LogP) is 4.67. The van der Waals surface area contributed by atoms with Crippen LogP contribution in [0.15, 0.2) is 0 Å². The number of hydrogen-bond acceptors (Lipinski definition) is 4. The Kier molecular flexibility index (Phi) is 26.4. The molecule has 0 unspecified atom stereocenters. The molecule has 0 aromatic heterocycles. The second-order valence-electron chi connectivity index (χ2n) is 5.47. The van der Waals surface area contributed by atoms with Gasteiger partial charge in [-0.2, -0.15) is 0 Å². The summed E-state index contributed by atoms with van der Waals surface area (Å²) in [4.78, 5) is 0. The maximum atomic E-state index is 5.58. The summed E-state index contributed by atoms with van der Waals surface area (Å²) < 4.78 is 22.3. The van der Waals surface area contributed by atoms with Gasteiger partial charge in [0.25, 0.3) is 0 Å². The van der Waals surface area contributed by atoms with Crippen molar-refractivity contribution in [1.29, 1.82) is 0 Å². The van der Waals surface area contributed by atoms with Crippen molar-refractivity contribution in [2.45, 2.75) is 27.7 Å². The van der Waals surface area contributed by atoms with E-state index in [2.05, 4.69) is 27.7 Å². The summed E-state index contributed by atoms with van der Waals surface area (Å²) in [5.41, 5.74) is 0. The summed E-state index contributed by atoms with van der Waals surface area (Å²) in [5.74, 6) is 0. The molecule has 0 aliphatic carbocycles. The summed E-state index contributed by atoms with van der Waals surface area (Å²) in [5, 5.41) is 0. The van der Waals surface area contributed by atoms with Crippen LogP contribution in [0.1, 0.15) is 27.7 Å². The molecule has 0 amide bonds. The molecular weight excluding hydrogens is 422 g/mol. The average Bonchev–Trinajstić information content (AvgIpc) is 2.59. The van der Waals surface area contributed by atoms with E-state index in [0.29, 0.717) is 0 Å². The van der Waals surface area contributed by atoms with Crippen LogP contribution in [0.5, 0.6) is 0 Å². The van der Waals surface area contributed by atoms with E-state index in [4.69, 9.17) is 18.9 Å². The molecule has 0 heterocycles. The van der Waals surface area contributed by atoms with Crippen LogP contribution in [-0.2, 0) is 18.9 Å². The largest absolute Gasteiger partial charge is 0.381 e. The van der Waals surface area contributed by atoms with Crippen LogP contribution in [0.4, 0.5) is 0 Å². The Morgan fingerprint density at radius 2 is 0.680 bits per heavy atom. The van der Waals surface area contributed by atoms with E-state index in [1.54, 1.807) is 0 Å². The van der Waals surface area contributed by atoms with E-state index in [0.717, 1.165) is 52.9 Å². The summed E-state index contributed by atoms with van der Waals surface area (Å²) in [6.07, 6.45) is 7.57. The van der Waals surface area contributed by atoms with Gasteiger partial charge in [0, 0.05) is 26.4 Å². The van der Waals surface area contributed by atoms with Crippen molar-refractivity contribution in [3.63, 3.8) is 0 Å². The third-order valence-corrected chi connectivity index (χ3v) is 9.08. The van der Waals surface area contributed by atoms with E-state index < -0.39 is 0 Å². The molecule has 0 atom stereocenters. The monoisotopic (exact) mass is 462 g/mol. The molecule has 0 saturated heterocycles. The molecule has 0 N–H and O–H groups in total. The molecule has 0 bridgehead atoms. The minimum Gasteiger partial charge on any atom is -0.381 e. The van der Waals surface area contributed by atoms with E-state index in [9.17, 15) is 0 Å². The van der Waals surface area contributed by atoms with Crippen LogP contribution in [0.3, 0.4) is 0 Å².